The van der Waals surface area contributed by atoms with Crippen molar-refractivity contribution < 1.29 is 23.6 Å². The summed E-state index contributed by atoms with van der Waals surface area (Å²) in [6, 6.07) is 11.6. The van der Waals surface area contributed by atoms with Crippen LogP contribution in [0.25, 0.3) is 0 Å². The maximum atomic E-state index is 13.9. The maximum Gasteiger partial charge on any atom is 0.285 e. The number of ether oxygens (including phenoxy) is 1. The number of rotatable bonds is 5. The molecular formula is C20H23FN3O3+. The van der Waals surface area contributed by atoms with Crippen LogP contribution in [0.4, 0.5) is 15.8 Å². The summed E-state index contributed by atoms with van der Waals surface area (Å²) in [5.41, 5.74) is 2.09. The Hall–Kier alpha value is -2.93. The van der Waals surface area contributed by atoms with Gasteiger partial charge in [-0.05, 0) is 37.3 Å². The Labute approximate surface area is 157 Å². The van der Waals surface area contributed by atoms with Gasteiger partial charge in [0.2, 0.25) is 5.91 Å². The number of nitrogens with one attached hydrogen (secondary N) is 2. The second-order valence-corrected chi connectivity index (χ2v) is 6.70. The van der Waals surface area contributed by atoms with Crippen LogP contribution in [-0.2, 0) is 16.1 Å². The molecule has 0 fully saturated rings. The Morgan fingerprint density at radius 3 is 2.78 bits per heavy atom. The molecule has 1 aliphatic heterocycles. The second-order valence-electron chi connectivity index (χ2n) is 6.70. The van der Waals surface area contributed by atoms with Crippen molar-refractivity contribution >= 4 is 23.2 Å². The molecule has 142 valence electrons. The second kappa shape index (κ2) is 7.75. The summed E-state index contributed by atoms with van der Waals surface area (Å²) in [7, 11) is 3.30. The van der Waals surface area contributed by atoms with Gasteiger partial charge in [-0.1, -0.05) is 12.1 Å². The fourth-order valence-corrected chi connectivity index (χ4v) is 3.17. The van der Waals surface area contributed by atoms with Gasteiger partial charge < -0.3 is 15.0 Å². The molecular weight excluding hydrogens is 349 g/mol. The lowest BCUT2D eigenvalue weighted by atomic mass is 10.1. The standard InChI is InChI=1S/C20H22FN3O3/c1-13(23(2)11-14-8-9-18(27-3)15(21)10-14)20(26)24-12-19(25)22-16-6-4-5-7-17(16)24/h4-10,13H,11-12H2,1-3H3,(H,22,25)/p+1/t13-/m1/s1. The fraction of sp³-hybridized carbons (Fsp3) is 0.300. The van der Waals surface area contributed by atoms with E-state index in [1.165, 1.54) is 18.1 Å². The van der Waals surface area contributed by atoms with Crippen LogP contribution in [0, 0.1) is 5.82 Å². The van der Waals surface area contributed by atoms with E-state index in [1.807, 2.05) is 32.2 Å². The molecule has 2 aromatic carbocycles. The number of hydrogen-bond acceptors (Lipinski definition) is 3. The first kappa shape index (κ1) is 18.8. The molecule has 1 heterocycles. The maximum absolute atomic E-state index is 13.9. The average molecular weight is 372 g/mol. The van der Waals surface area contributed by atoms with Gasteiger partial charge in [-0.25, -0.2) is 4.39 Å². The van der Waals surface area contributed by atoms with E-state index >= 15 is 0 Å². The van der Waals surface area contributed by atoms with Crippen LogP contribution in [0.1, 0.15) is 12.5 Å². The molecule has 6 nitrogen and oxygen atoms in total. The molecule has 27 heavy (non-hydrogen) atoms. The van der Waals surface area contributed by atoms with Gasteiger partial charge in [0.1, 0.15) is 13.1 Å². The Morgan fingerprint density at radius 2 is 2.07 bits per heavy atom. The van der Waals surface area contributed by atoms with E-state index in [9.17, 15) is 14.0 Å². The van der Waals surface area contributed by atoms with Crippen LogP contribution >= 0.6 is 0 Å². The van der Waals surface area contributed by atoms with E-state index in [1.54, 1.807) is 18.2 Å². The Morgan fingerprint density at radius 1 is 1.33 bits per heavy atom. The Balaban J connectivity index is 1.75. The largest absolute Gasteiger partial charge is 0.494 e. The monoisotopic (exact) mass is 372 g/mol. The number of methoxy groups -OCH3 is 1. The van der Waals surface area contributed by atoms with Gasteiger partial charge in [-0.15, -0.1) is 0 Å². The van der Waals surface area contributed by atoms with Gasteiger partial charge in [0.15, 0.2) is 17.6 Å². The van der Waals surface area contributed by atoms with E-state index in [0.717, 1.165) is 10.5 Å². The lowest BCUT2D eigenvalue weighted by molar-refractivity contribution is -0.908. The Kier molecular flexibility index (Phi) is 5.41. The van der Waals surface area contributed by atoms with Crippen molar-refractivity contribution in [3.8, 4) is 5.75 Å². The first-order chi connectivity index (χ1) is 12.9. The number of carbonyl (C=O) groups is 2. The molecule has 0 saturated heterocycles. The number of carbonyl (C=O) groups excluding carboxylic acids is 2. The van der Waals surface area contributed by atoms with Gasteiger partial charge in [0, 0.05) is 5.56 Å². The predicted molar refractivity (Wildman–Crippen MR) is 100 cm³/mol. The molecule has 0 bridgehead atoms. The van der Waals surface area contributed by atoms with Gasteiger partial charge in [-0.2, -0.15) is 0 Å². The molecule has 3 rings (SSSR count). The number of benzene rings is 2. The van der Waals surface area contributed by atoms with E-state index < -0.39 is 11.9 Å². The summed E-state index contributed by atoms with van der Waals surface area (Å²) in [4.78, 5) is 27.4. The number of fused-ring (bicyclic) bond motifs is 1. The van der Waals surface area contributed by atoms with E-state index in [2.05, 4.69) is 5.32 Å². The average Bonchev–Trinajstić information content (AvgIpc) is 2.66. The molecule has 0 saturated carbocycles. The molecule has 0 aromatic heterocycles. The quantitative estimate of drug-likeness (QED) is 0.830. The number of para-hydroxylation sites is 2. The normalized spacial score (nSPS) is 15.6. The van der Waals surface area contributed by atoms with Crippen molar-refractivity contribution in [2.45, 2.75) is 19.5 Å². The van der Waals surface area contributed by atoms with Crippen molar-refractivity contribution in [3.05, 3.63) is 53.8 Å². The zero-order valence-corrected chi connectivity index (χ0v) is 15.6. The zero-order valence-electron chi connectivity index (χ0n) is 15.6. The van der Waals surface area contributed by atoms with Crippen LogP contribution < -0.4 is 19.9 Å². The van der Waals surface area contributed by atoms with Crippen molar-refractivity contribution in [2.75, 3.05) is 30.9 Å². The molecule has 0 aliphatic carbocycles. The summed E-state index contributed by atoms with van der Waals surface area (Å²) in [5.74, 6) is -0.604. The number of halogens is 1. The Bertz CT molecular complexity index is 871. The van der Waals surface area contributed by atoms with E-state index in [4.69, 9.17) is 4.74 Å². The van der Waals surface area contributed by atoms with Crippen LogP contribution in [0.2, 0.25) is 0 Å². The third-order valence-electron chi connectivity index (χ3n) is 4.85. The first-order valence-electron chi connectivity index (χ1n) is 8.75. The van der Waals surface area contributed by atoms with Gasteiger partial charge in [-0.3, -0.25) is 14.5 Å². The molecule has 1 aliphatic rings. The summed E-state index contributed by atoms with van der Waals surface area (Å²) in [6.45, 7) is 2.27. The van der Waals surface area contributed by atoms with Crippen molar-refractivity contribution in [3.63, 3.8) is 0 Å². The van der Waals surface area contributed by atoms with Crippen molar-refractivity contribution in [1.82, 2.24) is 0 Å². The van der Waals surface area contributed by atoms with E-state index in [0.29, 0.717) is 17.9 Å². The highest BCUT2D eigenvalue weighted by atomic mass is 19.1. The third kappa shape index (κ3) is 3.93. The molecule has 2 N–H and O–H groups in total. The molecule has 7 heteroatoms. The van der Waals surface area contributed by atoms with Crippen LogP contribution in [0.15, 0.2) is 42.5 Å². The topological polar surface area (TPSA) is 63.1 Å². The minimum atomic E-state index is -0.427. The summed E-state index contributed by atoms with van der Waals surface area (Å²) in [6.07, 6.45) is 0. The number of anilines is 2. The van der Waals surface area contributed by atoms with Gasteiger partial charge >= 0.3 is 0 Å². The van der Waals surface area contributed by atoms with E-state index in [-0.39, 0.29) is 24.1 Å². The minimum absolute atomic E-state index is 0.00929. The smallest absolute Gasteiger partial charge is 0.285 e. The number of nitrogens with zero attached hydrogens (tertiary/aromatic N) is 1. The van der Waals surface area contributed by atoms with Crippen molar-refractivity contribution in [1.29, 1.82) is 0 Å². The fourth-order valence-electron chi connectivity index (χ4n) is 3.17. The molecule has 2 aromatic rings. The number of likely N-dealkylation sites (N-methyl/N-ethyl adjacent to an activating group) is 1. The predicted octanol–water partition coefficient (Wildman–Crippen LogP) is 1.22. The number of amides is 2. The minimum Gasteiger partial charge on any atom is -0.494 e. The van der Waals surface area contributed by atoms with Gasteiger partial charge in [0.25, 0.3) is 5.91 Å². The van der Waals surface area contributed by atoms with Crippen LogP contribution in [-0.4, -0.2) is 38.6 Å². The summed E-state index contributed by atoms with van der Waals surface area (Å²) < 4.78 is 18.8. The molecule has 2 atom stereocenters. The number of quaternary nitrogens is 1. The van der Waals surface area contributed by atoms with Crippen LogP contribution in [0.3, 0.4) is 0 Å². The highest BCUT2D eigenvalue weighted by Crippen LogP contribution is 2.29. The number of hydrogen-bond donors (Lipinski definition) is 2. The highest BCUT2D eigenvalue weighted by Gasteiger charge is 2.33. The van der Waals surface area contributed by atoms with Crippen LogP contribution in [0.5, 0.6) is 5.75 Å². The lowest BCUT2D eigenvalue weighted by Crippen LogP contribution is -3.12. The molecule has 0 radical (unpaired) electrons. The summed E-state index contributed by atoms with van der Waals surface area (Å²) in [5, 5.41) is 2.78. The lowest BCUT2D eigenvalue weighted by Gasteiger charge is -2.32. The SMILES string of the molecule is COc1ccc(C[NH+](C)[C@H](C)C(=O)N2CC(=O)Nc3ccccc32)cc1F. The molecule has 0 spiro atoms. The van der Waals surface area contributed by atoms with Crippen molar-refractivity contribution in [2.24, 2.45) is 0 Å². The highest BCUT2D eigenvalue weighted by molar-refractivity contribution is 6.10. The molecule has 1 unspecified atom stereocenters. The third-order valence-corrected chi connectivity index (χ3v) is 4.85. The molecule has 2 amide bonds. The zero-order chi connectivity index (χ0) is 19.6. The first-order valence-corrected chi connectivity index (χ1v) is 8.75. The summed E-state index contributed by atoms with van der Waals surface area (Å²) >= 11 is 0. The van der Waals surface area contributed by atoms with Gasteiger partial charge in [0.05, 0.1) is 25.5 Å².